The highest BCUT2D eigenvalue weighted by atomic mass is 16.7. The zero-order valence-electron chi connectivity index (χ0n) is 25.3. The number of carbonyl (C=O) groups is 1. The highest BCUT2D eigenvalue weighted by Crippen LogP contribution is 2.34. The van der Waals surface area contributed by atoms with Crippen LogP contribution in [0.2, 0.25) is 0 Å². The van der Waals surface area contributed by atoms with Crippen molar-refractivity contribution in [1.82, 2.24) is 4.57 Å². The minimum absolute atomic E-state index is 0.0349. The van der Waals surface area contributed by atoms with E-state index in [1.54, 1.807) is 19.2 Å². The molecule has 1 aliphatic carbocycles. The molecule has 1 atom stereocenters. The van der Waals surface area contributed by atoms with Gasteiger partial charge in [-0.15, -0.1) is 0 Å². The van der Waals surface area contributed by atoms with Crippen LogP contribution in [0.5, 0.6) is 5.75 Å². The molecule has 1 fully saturated rings. The summed E-state index contributed by atoms with van der Waals surface area (Å²) in [5.74, 6) is 0.697. The van der Waals surface area contributed by atoms with Crippen molar-refractivity contribution in [2.24, 2.45) is 11.1 Å². The molecule has 226 valence electrons. The maximum atomic E-state index is 12.9. The van der Waals surface area contributed by atoms with Gasteiger partial charge < -0.3 is 18.9 Å². The number of ether oxygens (including phenoxy) is 2. The van der Waals surface area contributed by atoms with Crippen LogP contribution in [0.1, 0.15) is 69.1 Å². The number of nitro benzene ring substituents is 1. The Labute approximate surface area is 251 Å². The van der Waals surface area contributed by atoms with Gasteiger partial charge in [0.25, 0.3) is 5.69 Å². The Bertz CT molecular complexity index is 1670. The monoisotopic (exact) mass is 585 g/mol. The number of benzene rings is 3. The quantitative estimate of drug-likeness (QED) is 0.0773. The number of methoxy groups -OCH3 is 1. The molecule has 5 rings (SSSR count). The Kier molecular flexibility index (Phi) is 9.40. The van der Waals surface area contributed by atoms with Crippen molar-refractivity contribution >= 4 is 39.2 Å². The van der Waals surface area contributed by atoms with Crippen molar-refractivity contribution in [3.05, 3.63) is 81.4 Å². The third-order valence-electron chi connectivity index (χ3n) is 8.26. The van der Waals surface area contributed by atoms with Crippen molar-refractivity contribution in [3.8, 4) is 5.75 Å². The Morgan fingerprint density at radius 3 is 2.44 bits per heavy atom. The lowest BCUT2D eigenvalue weighted by Gasteiger charge is -2.19. The van der Waals surface area contributed by atoms with Crippen LogP contribution in [0.4, 0.5) is 5.69 Å². The molecule has 9 heteroatoms. The van der Waals surface area contributed by atoms with E-state index in [1.165, 1.54) is 12.5 Å². The number of hydrogen-bond donors (Lipinski definition) is 0. The maximum Gasteiger partial charge on any atom is 0.335 e. The van der Waals surface area contributed by atoms with Gasteiger partial charge in [-0.1, -0.05) is 30.5 Å². The smallest absolute Gasteiger partial charge is 0.335 e. The molecule has 0 aliphatic heterocycles. The molecule has 1 unspecified atom stereocenters. The van der Waals surface area contributed by atoms with Gasteiger partial charge in [-0.3, -0.25) is 10.1 Å². The summed E-state index contributed by atoms with van der Waals surface area (Å²) >= 11 is 0. The second-order valence-corrected chi connectivity index (χ2v) is 11.4. The van der Waals surface area contributed by atoms with Crippen LogP contribution in [0, 0.1) is 23.0 Å². The number of aromatic nitrogens is 1. The molecule has 1 heterocycles. The Hall–Kier alpha value is -4.24. The Morgan fingerprint density at radius 1 is 1.05 bits per heavy atom. The average molecular weight is 586 g/mol. The van der Waals surface area contributed by atoms with E-state index >= 15 is 0 Å². The highest BCUT2D eigenvalue weighted by molar-refractivity contribution is 6.17. The van der Waals surface area contributed by atoms with Gasteiger partial charge in [-0.2, -0.15) is 0 Å². The van der Waals surface area contributed by atoms with Gasteiger partial charge >= 0.3 is 5.97 Å². The number of nitro groups is 1. The van der Waals surface area contributed by atoms with Gasteiger partial charge in [0, 0.05) is 58.7 Å². The zero-order chi connectivity index (χ0) is 30.5. The molecule has 9 nitrogen and oxygen atoms in total. The molecule has 0 bridgehead atoms. The molecule has 0 amide bonds. The van der Waals surface area contributed by atoms with Crippen molar-refractivity contribution in [2.45, 2.75) is 71.9 Å². The minimum Gasteiger partial charge on any atom is -0.488 e. The third kappa shape index (κ3) is 6.72. The van der Waals surface area contributed by atoms with Crippen LogP contribution in [0.3, 0.4) is 0 Å². The molecule has 1 aromatic heterocycles. The fourth-order valence-electron chi connectivity index (χ4n) is 6.19. The van der Waals surface area contributed by atoms with E-state index in [4.69, 9.17) is 14.3 Å². The van der Waals surface area contributed by atoms with Crippen LogP contribution < -0.4 is 4.74 Å². The van der Waals surface area contributed by atoms with E-state index in [0.717, 1.165) is 64.2 Å². The molecule has 4 aromatic rings. The summed E-state index contributed by atoms with van der Waals surface area (Å²) in [6.07, 6.45) is 5.82. The largest absolute Gasteiger partial charge is 0.488 e. The van der Waals surface area contributed by atoms with Gasteiger partial charge in [0.2, 0.25) is 0 Å². The molecule has 0 saturated heterocycles. The number of carbonyl (C=O) groups excluding carboxylic acids is 1. The van der Waals surface area contributed by atoms with Crippen molar-refractivity contribution < 1.29 is 24.0 Å². The SMILES string of the molecule is CCn1c2ccc(/C(=N/OC(=O)CC3CCCCC3)c3ccc(OC(C)COC)cc3C)cc2c2cc([N+](=O)[O-])ccc21. The Balaban J connectivity index is 1.57. The lowest BCUT2D eigenvalue weighted by molar-refractivity contribution is -0.384. The van der Waals surface area contributed by atoms with Crippen LogP contribution in [-0.2, 0) is 20.9 Å². The van der Waals surface area contributed by atoms with Crippen molar-refractivity contribution in [2.75, 3.05) is 13.7 Å². The van der Waals surface area contributed by atoms with Gasteiger partial charge in [0.15, 0.2) is 0 Å². The fourth-order valence-corrected chi connectivity index (χ4v) is 6.19. The third-order valence-corrected chi connectivity index (χ3v) is 8.26. The van der Waals surface area contributed by atoms with Gasteiger partial charge in [0.1, 0.15) is 17.6 Å². The first-order valence-corrected chi connectivity index (χ1v) is 15.0. The summed E-state index contributed by atoms with van der Waals surface area (Å²) in [4.78, 5) is 29.7. The number of hydrogen-bond acceptors (Lipinski definition) is 7. The molecule has 1 aliphatic rings. The van der Waals surface area contributed by atoms with E-state index in [9.17, 15) is 14.9 Å². The molecular formula is C34H39N3O6. The van der Waals surface area contributed by atoms with E-state index in [-0.39, 0.29) is 22.7 Å². The summed E-state index contributed by atoms with van der Waals surface area (Å²) in [6, 6.07) is 16.6. The number of aryl methyl sites for hydroxylation is 2. The van der Waals surface area contributed by atoms with E-state index in [2.05, 4.69) is 9.72 Å². The standard InChI is InChI=1S/C34H39N3O6/c1-5-36-31-15-11-25(19-29(31)30-20-26(37(39)40)12-16-32(30)36)34(35-43-33(38)18-24-9-7-6-8-10-24)28-14-13-27(17-22(28)2)42-23(3)21-41-4/h11-17,19-20,23-24H,5-10,18,21H2,1-4H3/b35-34-. The van der Waals surface area contributed by atoms with Crippen LogP contribution in [0.25, 0.3) is 21.8 Å². The number of nitrogens with zero attached hydrogens (tertiary/aromatic N) is 3. The molecular weight excluding hydrogens is 546 g/mol. The Morgan fingerprint density at radius 2 is 1.77 bits per heavy atom. The number of rotatable bonds is 11. The maximum absolute atomic E-state index is 12.9. The zero-order valence-corrected chi connectivity index (χ0v) is 25.3. The summed E-state index contributed by atoms with van der Waals surface area (Å²) in [6.45, 7) is 7.13. The predicted octanol–water partition coefficient (Wildman–Crippen LogP) is 7.71. The number of non-ortho nitro benzene ring substituents is 1. The summed E-state index contributed by atoms with van der Waals surface area (Å²) in [7, 11) is 1.64. The second kappa shape index (κ2) is 13.4. The molecule has 0 N–H and O–H groups in total. The summed E-state index contributed by atoms with van der Waals surface area (Å²) in [5, 5.41) is 17.7. The first kappa shape index (κ1) is 30.2. The van der Waals surface area contributed by atoms with Crippen molar-refractivity contribution in [1.29, 1.82) is 0 Å². The first-order chi connectivity index (χ1) is 20.8. The first-order valence-electron chi connectivity index (χ1n) is 15.0. The normalized spacial score (nSPS) is 15.1. The number of fused-ring (bicyclic) bond motifs is 3. The van der Waals surface area contributed by atoms with E-state index < -0.39 is 0 Å². The molecule has 0 radical (unpaired) electrons. The molecule has 0 spiro atoms. The lowest BCUT2D eigenvalue weighted by Crippen LogP contribution is -2.18. The summed E-state index contributed by atoms with van der Waals surface area (Å²) < 4.78 is 13.3. The predicted molar refractivity (Wildman–Crippen MR) is 168 cm³/mol. The number of oxime groups is 1. The topological polar surface area (TPSA) is 105 Å². The van der Waals surface area contributed by atoms with Crippen molar-refractivity contribution in [3.63, 3.8) is 0 Å². The van der Waals surface area contributed by atoms with E-state index in [1.807, 2.05) is 57.2 Å². The van der Waals surface area contributed by atoms with Crippen LogP contribution in [-0.4, -0.2) is 41.0 Å². The van der Waals surface area contributed by atoms with Gasteiger partial charge in [0.05, 0.1) is 18.0 Å². The van der Waals surface area contributed by atoms with Gasteiger partial charge in [-0.05, 0) is 81.5 Å². The highest BCUT2D eigenvalue weighted by Gasteiger charge is 2.21. The second-order valence-electron chi connectivity index (χ2n) is 11.4. The fraction of sp³-hybridized carbons (Fsp3) is 0.412. The minimum atomic E-state index is -0.377. The van der Waals surface area contributed by atoms with Gasteiger partial charge in [-0.25, -0.2) is 4.79 Å². The van der Waals surface area contributed by atoms with Crippen LogP contribution >= 0.6 is 0 Å². The summed E-state index contributed by atoms with van der Waals surface area (Å²) in [5.41, 5.74) is 4.86. The van der Waals surface area contributed by atoms with E-state index in [0.29, 0.717) is 37.0 Å². The lowest BCUT2D eigenvalue weighted by atomic mass is 9.87. The molecule has 1 saturated carbocycles. The average Bonchev–Trinajstić information content (AvgIpc) is 3.31. The molecule has 3 aromatic carbocycles. The molecule has 43 heavy (non-hydrogen) atoms. The van der Waals surface area contributed by atoms with Crippen LogP contribution in [0.15, 0.2) is 59.8 Å².